The van der Waals surface area contributed by atoms with Crippen LogP contribution in [0.1, 0.15) is 0 Å². The molecule has 3 aromatic carbocycles. The standard InChI is InChI=1S/C16H8I2S/c17-9-5-6-11-13-8-14(18)10-3-1-2-4-12(10)16(13)19-15(11)7-9/h1-8H. The smallest absolute Gasteiger partial charge is 0.0434 e. The Hall–Kier alpha value is -0.400. The molecule has 92 valence electrons. The number of fused-ring (bicyclic) bond motifs is 5. The van der Waals surface area contributed by atoms with Gasteiger partial charge in [0.25, 0.3) is 0 Å². The molecular weight excluding hydrogens is 478 g/mol. The highest BCUT2D eigenvalue weighted by molar-refractivity contribution is 14.1. The molecule has 19 heavy (non-hydrogen) atoms. The molecule has 0 aliphatic carbocycles. The highest BCUT2D eigenvalue weighted by Gasteiger charge is 2.10. The predicted molar refractivity (Wildman–Crippen MR) is 102 cm³/mol. The normalized spacial score (nSPS) is 11.7. The van der Waals surface area contributed by atoms with Gasteiger partial charge in [0.1, 0.15) is 0 Å². The van der Waals surface area contributed by atoms with Gasteiger partial charge in [0, 0.05) is 32.7 Å². The summed E-state index contributed by atoms with van der Waals surface area (Å²) in [7, 11) is 0. The number of halogens is 2. The minimum Gasteiger partial charge on any atom is -0.134 e. The van der Waals surface area contributed by atoms with Gasteiger partial charge in [-0.25, -0.2) is 0 Å². The topological polar surface area (TPSA) is 0 Å². The van der Waals surface area contributed by atoms with Gasteiger partial charge in [0.05, 0.1) is 0 Å². The van der Waals surface area contributed by atoms with Crippen molar-refractivity contribution in [1.82, 2.24) is 0 Å². The second-order valence-corrected chi connectivity index (χ2v) is 7.98. The molecule has 0 unspecified atom stereocenters. The predicted octanol–water partition coefficient (Wildman–Crippen LogP) is 6.42. The Bertz CT molecular complexity index is 938. The van der Waals surface area contributed by atoms with Crippen molar-refractivity contribution < 1.29 is 0 Å². The van der Waals surface area contributed by atoms with Crippen molar-refractivity contribution in [3.8, 4) is 0 Å². The average Bonchev–Trinajstić information content (AvgIpc) is 2.77. The van der Waals surface area contributed by atoms with Crippen molar-refractivity contribution in [3.63, 3.8) is 0 Å². The van der Waals surface area contributed by atoms with Crippen molar-refractivity contribution in [2.24, 2.45) is 0 Å². The van der Waals surface area contributed by atoms with Crippen LogP contribution in [0.15, 0.2) is 48.5 Å². The maximum absolute atomic E-state index is 2.45. The van der Waals surface area contributed by atoms with Crippen LogP contribution in [-0.2, 0) is 0 Å². The summed E-state index contributed by atoms with van der Waals surface area (Å²) in [5, 5.41) is 5.50. The Morgan fingerprint density at radius 3 is 2.37 bits per heavy atom. The van der Waals surface area contributed by atoms with Gasteiger partial charge in [-0.1, -0.05) is 30.3 Å². The largest absolute Gasteiger partial charge is 0.134 e. The molecule has 1 aromatic heterocycles. The van der Waals surface area contributed by atoms with Gasteiger partial charge in [-0.2, -0.15) is 0 Å². The lowest BCUT2D eigenvalue weighted by Gasteiger charge is -2.02. The Morgan fingerprint density at radius 1 is 0.737 bits per heavy atom. The van der Waals surface area contributed by atoms with Gasteiger partial charge in [0.15, 0.2) is 0 Å². The Morgan fingerprint density at radius 2 is 1.53 bits per heavy atom. The third kappa shape index (κ3) is 1.89. The lowest BCUT2D eigenvalue weighted by molar-refractivity contribution is 1.76. The highest BCUT2D eigenvalue weighted by Crippen LogP contribution is 2.40. The van der Waals surface area contributed by atoms with Gasteiger partial charge >= 0.3 is 0 Å². The first kappa shape index (κ1) is 12.3. The van der Waals surface area contributed by atoms with E-state index in [1.165, 1.54) is 38.1 Å². The molecule has 1 heterocycles. The molecule has 0 saturated carbocycles. The minimum atomic E-state index is 1.30. The molecule has 0 spiro atoms. The molecule has 4 rings (SSSR count). The molecule has 0 radical (unpaired) electrons. The van der Waals surface area contributed by atoms with E-state index in [-0.39, 0.29) is 0 Å². The molecule has 0 fully saturated rings. The molecule has 0 atom stereocenters. The van der Waals surface area contributed by atoms with E-state index in [1.54, 1.807) is 0 Å². The molecule has 0 aliphatic heterocycles. The van der Waals surface area contributed by atoms with Crippen molar-refractivity contribution >= 4 is 87.5 Å². The van der Waals surface area contributed by atoms with E-state index in [9.17, 15) is 0 Å². The van der Waals surface area contributed by atoms with Crippen LogP contribution in [0.3, 0.4) is 0 Å². The molecule has 0 nitrogen and oxygen atoms in total. The number of thiophene rings is 1. The van der Waals surface area contributed by atoms with E-state index in [1.807, 2.05) is 11.3 Å². The quantitative estimate of drug-likeness (QED) is 0.252. The lowest BCUT2D eigenvalue weighted by atomic mass is 10.1. The summed E-state index contributed by atoms with van der Waals surface area (Å²) in [4.78, 5) is 0. The SMILES string of the molecule is Ic1ccc2c(c1)sc1c3ccccc3c(I)cc21. The second-order valence-electron chi connectivity index (χ2n) is 4.52. The van der Waals surface area contributed by atoms with Gasteiger partial charge in [-0.15, -0.1) is 11.3 Å². The second kappa shape index (κ2) is 4.56. The minimum absolute atomic E-state index is 1.30. The van der Waals surface area contributed by atoms with Crippen LogP contribution in [0.2, 0.25) is 0 Å². The van der Waals surface area contributed by atoms with Crippen LogP contribution in [0.5, 0.6) is 0 Å². The lowest BCUT2D eigenvalue weighted by Crippen LogP contribution is -1.78. The molecule has 4 aromatic rings. The first-order valence-electron chi connectivity index (χ1n) is 5.93. The van der Waals surface area contributed by atoms with Crippen molar-refractivity contribution in [3.05, 3.63) is 55.7 Å². The zero-order valence-electron chi connectivity index (χ0n) is 9.78. The van der Waals surface area contributed by atoms with Crippen LogP contribution in [0.25, 0.3) is 30.9 Å². The molecule has 0 aliphatic rings. The third-order valence-electron chi connectivity index (χ3n) is 3.39. The Labute approximate surface area is 142 Å². The summed E-state index contributed by atoms with van der Waals surface area (Å²) in [6.07, 6.45) is 0. The Balaban J connectivity index is 2.31. The fourth-order valence-electron chi connectivity index (χ4n) is 2.53. The summed E-state index contributed by atoms with van der Waals surface area (Å²) in [5.74, 6) is 0. The van der Waals surface area contributed by atoms with Crippen LogP contribution >= 0.6 is 56.5 Å². The van der Waals surface area contributed by atoms with E-state index in [0.717, 1.165) is 0 Å². The fourth-order valence-corrected chi connectivity index (χ4v) is 5.27. The van der Waals surface area contributed by atoms with Crippen molar-refractivity contribution in [2.45, 2.75) is 0 Å². The molecule has 0 bridgehead atoms. The van der Waals surface area contributed by atoms with Crippen LogP contribution < -0.4 is 0 Å². The van der Waals surface area contributed by atoms with Crippen molar-refractivity contribution in [1.29, 1.82) is 0 Å². The van der Waals surface area contributed by atoms with E-state index >= 15 is 0 Å². The van der Waals surface area contributed by atoms with Gasteiger partial charge in [-0.05, 0) is 68.8 Å². The average molecular weight is 486 g/mol. The maximum Gasteiger partial charge on any atom is 0.0434 e. The first-order chi connectivity index (χ1) is 9.24. The summed E-state index contributed by atoms with van der Waals surface area (Å²) in [5.41, 5.74) is 0. The molecule has 3 heteroatoms. The summed E-state index contributed by atoms with van der Waals surface area (Å²) in [6, 6.07) is 17.7. The molecule has 0 amide bonds. The van der Waals surface area contributed by atoms with E-state index in [2.05, 4.69) is 93.7 Å². The van der Waals surface area contributed by atoms with Crippen LogP contribution in [-0.4, -0.2) is 0 Å². The first-order valence-corrected chi connectivity index (χ1v) is 8.90. The third-order valence-corrected chi connectivity index (χ3v) is 6.16. The van der Waals surface area contributed by atoms with Crippen LogP contribution in [0, 0.1) is 7.14 Å². The van der Waals surface area contributed by atoms with Gasteiger partial charge in [0.2, 0.25) is 0 Å². The highest BCUT2D eigenvalue weighted by atomic mass is 127. The van der Waals surface area contributed by atoms with E-state index in [4.69, 9.17) is 0 Å². The number of hydrogen-bond donors (Lipinski definition) is 0. The summed E-state index contributed by atoms with van der Waals surface area (Å²) < 4.78 is 5.43. The Kier molecular flexibility index (Phi) is 2.97. The summed E-state index contributed by atoms with van der Waals surface area (Å²) in [6.45, 7) is 0. The molecule has 0 saturated heterocycles. The monoisotopic (exact) mass is 486 g/mol. The molecular formula is C16H8I2S. The number of hydrogen-bond acceptors (Lipinski definition) is 1. The maximum atomic E-state index is 2.45. The summed E-state index contributed by atoms with van der Waals surface area (Å²) >= 11 is 6.73. The fraction of sp³-hybridized carbons (Fsp3) is 0. The van der Waals surface area contributed by atoms with E-state index < -0.39 is 0 Å². The van der Waals surface area contributed by atoms with E-state index in [0.29, 0.717) is 0 Å². The zero-order valence-corrected chi connectivity index (χ0v) is 14.9. The zero-order chi connectivity index (χ0) is 13.0. The number of rotatable bonds is 0. The van der Waals surface area contributed by atoms with Gasteiger partial charge < -0.3 is 0 Å². The van der Waals surface area contributed by atoms with Gasteiger partial charge in [-0.3, -0.25) is 0 Å². The van der Waals surface area contributed by atoms with Crippen molar-refractivity contribution in [2.75, 3.05) is 0 Å². The van der Waals surface area contributed by atoms with Crippen LogP contribution in [0.4, 0.5) is 0 Å². The molecule has 0 N–H and O–H groups in total. The number of benzene rings is 3.